The molecule has 0 aliphatic rings. The number of rotatable bonds is 1. The van der Waals surface area contributed by atoms with E-state index in [4.69, 9.17) is 4.42 Å². The smallest absolute Gasteiger partial charge is 0.136 e. The molecule has 4 aromatic rings. The predicted octanol–water partition coefficient (Wildman–Crippen LogP) is 5.53. The number of benzene rings is 3. The minimum absolute atomic E-state index is 0.360. The Morgan fingerprint density at radius 2 is 1.52 bits per heavy atom. The first kappa shape index (κ1) is 12.1. The van der Waals surface area contributed by atoms with E-state index < -0.39 is 11.6 Å². The second-order valence-corrected chi connectivity index (χ2v) is 4.93. The number of furan rings is 1. The standard InChI is InChI=1S/C18H10F2O/c19-12-6-8-13(16(20)10-12)11-5-7-15-14-3-1-2-4-17(14)21-18(15)9-11/h1-10H. The van der Waals surface area contributed by atoms with Crippen LogP contribution in [0.2, 0.25) is 0 Å². The third kappa shape index (κ3) is 1.89. The van der Waals surface area contributed by atoms with Crippen LogP contribution in [0.3, 0.4) is 0 Å². The van der Waals surface area contributed by atoms with Crippen molar-refractivity contribution in [3.8, 4) is 11.1 Å². The summed E-state index contributed by atoms with van der Waals surface area (Å²) in [7, 11) is 0. The molecule has 0 atom stereocenters. The maximum absolute atomic E-state index is 13.9. The average Bonchev–Trinajstić information content (AvgIpc) is 2.84. The molecule has 1 aromatic heterocycles. The quantitative estimate of drug-likeness (QED) is 0.446. The van der Waals surface area contributed by atoms with Crippen LogP contribution in [0.25, 0.3) is 33.1 Å². The van der Waals surface area contributed by atoms with Crippen LogP contribution in [0.1, 0.15) is 0 Å². The molecule has 0 N–H and O–H groups in total. The van der Waals surface area contributed by atoms with E-state index in [1.165, 1.54) is 12.1 Å². The van der Waals surface area contributed by atoms with E-state index in [2.05, 4.69) is 0 Å². The zero-order chi connectivity index (χ0) is 14.4. The van der Waals surface area contributed by atoms with Crippen LogP contribution in [0.5, 0.6) is 0 Å². The largest absolute Gasteiger partial charge is 0.456 e. The summed E-state index contributed by atoms with van der Waals surface area (Å²) in [6, 6.07) is 16.8. The van der Waals surface area contributed by atoms with Crippen LogP contribution in [-0.2, 0) is 0 Å². The summed E-state index contributed by atoms with van der Waals surface area (Å²) in [5.74, 6) is -1.16. The lowest BCUT2D eigenvalue weighted by atomic mass is 10.0. The lowest BCUT2D eigenvalue weighted by Gasteiger charge is -2.03. The average molecular weight is 280 g/mol. The molecule has 1 heterocycles. The monoisotopic (exact) mass is 280 g/mol. The van der Waals surface area contributed by atoms with Gasteiger partial charge in [0.05, 0.1) is 0 Å². The van der Waals surface area contributed by atoms with Gasteiger partial charge in [-0.2, -0.15) is 0 Å². The second-order valence-electron chi connectivity index (χ2n) is 4.93. The van der Waals surface area contributed by atoms with Gasteiger partial charge in [0, 0.05) is 22.4 Å². The molecule has 0 bridgehead atoms. The van der Waals surface area contributed by atoms with E-state index in [-0.39, 0.29) is 0 Å². The Morgan fingerprint density at radius 1 is 0.714 bits per heavy atom. The number of halogens is 2. The Labute approximate surface area is 119 Å². The van der Waals surface area contributed by atoms with E-state index in [1.54, 1.807) is 6.07 Å². The van der Waals surface area contributed by atoms with Crippen molar-refractivity contribution < 1.29 is 13.2 Å². The van der Waals surface area contributed by atoms with Crippen LogP contribution < -0.4 is 0 Å². The summed E-state index contributed by atoms with van der Waals surface area (Å²) in [6.07, 6.45) is 0. The molecule has 3 aromatic carbocycles. The zero-order valence-corrected chi connectivity index (χ0v) is 10.9. The van der Waals surface area contributed by atoms with Gasteiger partial charge in [0.15, 0.2) is 0 Å². The fourth-order valence-electron chi connectivity index (χ4n) is 2.62. The molecule has 21 heavy (non-hydrogen) atoms. The fourth-order valence-corrected chi connectivity index (χ4v) is 2.62. The molecule has 1 nitrogen and oxygen atoms in total. The van der Waals surface area contributed by atoms with Gasteiger partial charge in [0.2, 0.25) is 0 Å². The molecule has 0 aliphatic heterocycles. The van der Waals surface area contributed by atoms with E-state index in [0.29, 0.717) is 16.7 Å². The molecule has 102 valence electrons. The fraction of sp³-hybridized carbons (Fsp3) is 0. The first-order chi connectivity index (χ1) is 10.2. The van der Waals surface area contributed by atoms with Crippen molar-refractivity contribution in [1.82, 2.24) is 0 Å². The van der Waals surface area contributed by atoms with Gasteiger partial charge in [0.25, 0.3) is 0 Å². The van der Waals surface area contributed by atoms with Crippen LogP contribution in [0.4, 0.5) is 8.78 Å². The molecule has 0 spiro atoms. The highest BCUT2D eigenvalue weighted by Gasteiger charge is 2.10. The number of para-hydroxylation sites is 1. The van der Waals surface area contributed by atoms with Crippen LogP contribution in [-0.4, -0.2) is 0 Å². The molecule has 0 fully saturated rings. The van der Waals surface area contributed by atoms with Gasteiger partial charge in [0.1, 0.15) is 22.8 Å². The molecule has 3 heteroatoms. The van der Waals surface area contributed by atoms with Crippen molar-refractivity contribution >= 4 is 21.9 Å². The Hall–Kier alpha value is -2.68. The van der Waals surface area contributed by atoms with Gasteiger partial charge in [-0.05, 0) is 35.9 Å². The van der Waals surface area contributed by atoms with E-state index in [0.717, 1.165) is 22.4 Å². The van der Waals surface area contributed by atoms with Crippen LogP contribution in [0.15, 0.2) is 65.1 Å². The lowest BCUT2D eigenvalue weighted by molar-refractivity contribution is 0.585. The second kappa shape index (κ2) is 4.42. The van der Waals surface area contributed by atoms with Gasteiger partial charge in [-0.1, -0.05) is 24.3 Å². The van der Waals surface area contributed by atoms with Crippen LogP contribution >= 0.6 is 0 Å². The van der Waals surface area contributed by atoms with Crippen molar-refractivity contribution in [3.05, 3.63) is 72.3 Å². The normalized spacial score (nSPS) is 11.3. The van der Waals surface area contributed by atoms with Gasteiger partial charge in [-0.15, -0.1) is 0 Å². The maximum atomic E-state index is 13.9. The Balaban J connectivity index is 1.96. The van der Waals surface area contributed by atoms with Gasteiger partial charge < -0.3 is 4.42 Å². The summed E-state index contributed by atoms with van der Waals surface area (Å²) in [4.78, 5) is 0. The van der Waals surface area contributed by atoms with Crippen molar-refractivity contribution in [2.75, 3.05) is 0 Å². The first-order valence-corrected chi connectivity index (χ1v) is 6.59. The third-order valence-electron chi connectivity index (χ3n) is 3.62. The molecule has 0 saturated heterocycles. The Morgan fingerprint density at radius 3 is 2.38 bits per heavy atom. The maximum Gasteiger partial charge on any atom is 0.136 e. The van der Waals surface area contributed by atoms with Crippen molar-refractivity contribution in [3.63, 3.8) is 0 Å². The van der Waals surface area contributed by atoms with Gasteiger partial charge >= 0.3 is 0 Å². The third-order valence-corrected chi connectivity index (χ3v) is 3.62. The molecular formula is C18H10F2O. The minimum Gasteiger partial charge on any atom is -0.456 e. The SMILES string of the molecule is Fc1ccc(-c2ccc3c(c2)oc2ccccc23)c(F)c1. The summed E-state index contributed by atoms with van der Waals surface area (Å²) >= 11 is 0. The molecule has 0 saturated carbocycles. The molecule has 0 aliphatic carbocycles. The predicted molar refractivity (Wildman–Crippen MR) is 79.1 cm³/mol. The highest BCUT2D eigenvalue weighted by molar-refractivity contribution is 6.05. The Bertz CT molecular complexity index is 969. The van der Waals surface area contributed by atoms with Crippen LogP contribution in [0, 0.1) is 11.6 Å². The van der Waals surface area contributed by atoms with E-state index >= 15 is 0 Å². The topological polar surface area (TPSA) is 13.1 Å². The molecule has 0 unspecified atom stereocenters. The molecule has 4 rings (SSSR count). The summed E-state index contributed by atoms with van der Waals surface area (Å²) in [6.45, 7) is 0. The van der Waals surface area contributed by atoms with E-state index in [9.17, 15) is 8.78 Å². The first-order valence-electron chi connectivity index (χ1n) is 6.59. The van der Waals surface area contributed by atoms with Gasteiger partial charge in [-0.3, -0.25) is 0 Å². The number of hydrogen-bond donors (Lipinski definition) is 0. The number of fused-ring (bicyclic) bond motifs is 3. The Kier molecular flexibility index (Phi) is 2.54. The summed E-state index contributed by atoms with van der Waals surface area (Å²) in [5.41, 5.74) is 2.51. The van der Waals surface area contributed by atoms with Crippen molar-refractivity contribution in [1.29, 1.82) is 0 Å². The lowest BCUT2D eigenvalue weighted by Crippen LogP contribution is -1.85. The van der Waals surface area contributed by atoms with Crippen molar-refractivity contribution in [2.24, 2.45) is 0 Å². The molecule has 0 amide bonds. The number of hydrogen-bond acceptors (Lipinski definition) is 1. The molecular weight excluding hydrogens is 270 g/mol. The highest BCUT2D eigenvalue weighted by atomic mass is 19.1. The van der Waals surface area contributed by atoms with E-state index in [1.807, 2.05) is 36.4 Å². The summed E-state index contributed by atoms with van der Waals surface area (Å²) < 4.78 is 32.6. The molecule has 0 radical (unpaired) electrons. The summed E-state index contributed by atoms with van der Waals surface area (Å²) in [5, 5.41) is 2.01. The van der Waals surface area contributed by atoms with Crippen molar-refractivity contribution in [2.45, 2.75) is 0 Å². The highest BCUT2D eigenvalue weighted by Crippen LogP contribution is 2.32. The minimum atomic E-state index is -0.582. The van der Waals surface area contributed by atoms with Gasteiger partial charge in [-0.25, -0.2) is 8.78 Å². The zero-order valence-electron chi connectivity index (χ0n) is 10.9.